The van der Waals surface area contributed by atoms with Crippen LogP contribution in [0.5, 0.6) is 0 Å². The number of anilines is 1. The van der Waals surface area contributed by atoms with Crippen LogP contribution in [0.2, 0.25) is 0 Å². The van der Waals surface area contributed by atoms with E-state index in [9.17, 15) is 57.9 Å². The summed E-state index contributed by atoms with van der Waals surface area (Å²) in [7, 11) is -17.6. The van der Waals surface area contributed by atoms with Crippen LogP contribution in [0, 0.1) is 5.41 Å². The van der Waals surface area contributed by atoms with Crippen molar-refractivity contribution in [3.05, 3.63) is 42.7 Å². The first-order chi connectivity index (χ1) is 26.1. The zero-order valence-corrected chi connectivity index (χ0v) is 32.7. The third kappa shape index (κ3) is 12.9. The van der Waals surface area contributed by atoms with Gasteiger partial charge in [-0.25, -0.2) is 19.3 Å². The monoisotopic (exact) mass is 868 g/mol. The highest BCUT2D eigenvalue weighted by molar-refractivity contribution is 8.14. The van der Waals surface area contributed by atoms with Crippen molar-refractivity contribution in [3.63, 3.8) is 0 Å². The standard InChI is InChI=1S/C27H39N8O17P3S/c1-27(2,21(38)24(39)31-7-5-17(36)30-8-9-56-26(40)15-4-3-6-29-10-15)12-49-55(46,47)52-54(44,45)48-11-16-20(51-53(41,42)43)19(37)25(50-16)35-14-34-18-22(28)32-13-33-23(18)35/h3-4,6,10,13-14,16,19-21,25,37-38H,5,7-9,11-12H2,1-2H3,(H,30,36)(H,31,39)(H,44,45)(H,46,47)(H2,28,32,33)(H2,41,42,43)/p-4. The summed E-state index contributed by atoms with van der Waals surface area (Å²) in [6.07, 6.45) is -4.70. The fourth-order valence-corrected chi connectivity index (χ4v) is 8.23. The highest BCUT2D eigenvalue weighted by Gasteiger charge is 2.47. The van der Waals surface area contributed by atoms with Gasteiger partial charge < -0.3 is 69.0 Å². The minimum atomic E-state index is -5.92. The van der Waals surface area contributed by atoms with Gasteiger partial charge in [0.15, 0.2) is 17.7 Å². The van der Waals surface area contributed by atoms with Gasteiger partial charge >= 0.3 is 0 Å². The van der Waals surface area contributed by atoms with E-state index in [4.69, 9.17) is 10.5 Å². The van der Waals surface area contributed by atoms with Gasteiger partial charge in [0.25, 0.3) is 15.6 Å². The maximum atomic E-state index is 12.5. The van der Waals surface area contributed by atoms with Gasteiger partial charge in [-0.05, 0) is 12.1 Å². The Bertz CT molecular complexity index is 2010. The van der Waals surface area contributed by atoms with Gasteiger partial charge in [0, 0.05) is 48.6 Å². The Kier molecular flexibility index (Phi) is 15.4. The molecule has 1 saturated heterocycles. The van der Waals surface area contributed by atoms with Crippen LogP contribution in [0.3, 0.4) is 0 Å². The number of phosphoric acid groups is 3. The highest BCUT2D eigenvalue weighted by Crippen LogP contribution is 2.56. The van der Waals surface area contributed by atoms with Crippen molar-refractivity contribution >= 4 is 69.1 Å². The SMILES string of the molecule is CC(C)(COP(=O)([O-])OP(=O)([O-])OCC1OC(n2cnc3c(N)ncnc32)C(O)C1OP(=O)([O-])[O-])C(O)C(=O)NCCC(=O)NCCSC(=O)c1cccnc1. The molecule has 4 heterocycles. The number of rotatable bonds is 20. The molecule has 1 aliphatic rings. The molecular formula is C27H35N8O17P3S-4. The number of hydrogen-bond donors (Lipinski definition) is 5. The first-order valence-electron chi connectivity index (χ1n) is 16.0. The molecule has 2 amide bonds. The van der Waals surface area contributed by atoms with Crippen LogP contribution < -0.4 is 35.9 Å². The second-order valence-electron chi connectivity index (χ2n) is 12.4. The van der Waals surface area contributed by atoms with Crippen molar-refractivity contribution in [3.8, 4) is 0 Å². The number of nitrogens with one attached hydrogen (secondary N) is 2. The zero-order valence-electron chi connectivity index (χ0n) is 29.2. The lowest BCUT2D eigenvalue weighted by Gasteiger charge is -2.36. The maximum absolute atomic E-state index is 12.5. The van der Waals surface area contributed by atoms with Gasteiger partial charge in [0.2, 0.25) is 16.9 Å². The molecule has 1 fully saturated rings. The number of nitrogens with zero attached hydrogens (tertiary/aromatic N) is 5. The van der Waals surface area contributed by atoms with Crippen molar-refractivity contribution in [2.75, 3.05) is 37.8 Å². The lowest BCUT2D eigenvalue weighted by atomic mass is 9.87. The Labute approximate surface area is 321 Å². The third-order valence-electron chi connectivity index (χ3n) is 7.61. The van der Waals surface area contributed by atoms with Crippen LogP contribution in [0.1, 0.15) is 36.9 Å². The number of aromatic nitrogens is 5. The molecule has 7 unspecified atom stereocenters. The molecule has 0 saturated carbocycles. The second-order valence-corrected chi connectivity index (χ2v) is 17.5. The quantitative estimate of drug-likeness (QED) is 0.0553. The van der Waals surface area contributed by atoms with Crippen LogP contribution in [0.15, 0.2) is 37.2 Å². The molecule has 4 rings (SSSR count). The van der Waals surface area contributed by atoms with Crippen molar-refractivity contribution in [1.82, 2.24) is 35.1 Å². The molecule has 6 N–H and O–H groups in total. The van der Waals surface area contributed by atoms with Crippen LogP contribution in [0.25, 0.3) is 11.2 Å². The molecule has 56 heavy (non-hydrogen) atoms. The van der Waals surface area contributed by atoms with Crippen molar-refractivity contribution in [2.24, 2.45) is 5.41 Å². The van der Waals surface area contributed by atoms with Gasteiger partial charge in [-0.15, -0.1) is 0 Å². The Balaban J connectivity index is 1.23. The molecule has 0 spiro atoms. The number of carbonyl (C=O) groups is 3. The Morgan fingerprint density at radius 3 is 2.48 bits per heavy atom. The number of pyridine rings is 1. The average molecular weight is 869 g/mol. The summed E-state index contributed by atoms with van der Waals surface area (Å²) >= 11 is 0.972. The summed E-state index contributed by atoms with van der Waals surface area (Å²) in [6.45, 7) is 0.00623. The number of fused-ring (bicyclic) bond motifs is 1. The largest absolute Gasteiger partial charge is 0.790 e. The van der Waals surface area contributed by atoms with E-state index in [-0.39, 0.29) is 47.4 Å². The number of imidazole rings is 1. The Morgan fingerprint density at radius 1 is 1.09 bits per heavy atom. The molecule has 3 aromatic heterocycles. The molecular weight excluding hydrogens is 833 g/mol. The van der Waals surface area contributed by atoms with E-state index in [1.807, 2.05) is 0 Å². The van der Waals surface area contributed by atoms with E-state index >= 15 is 0 Å². The van der Waals surface area contributed by atoms with Crippen LogP contribution in [-0.4, -0.2) is 108 Å². The Hall–Kier alpha value is -3.29. The molecule has 3 aromatic rings. The number of nitrogen functional groups attached to an aromatic ring is 1. The van der Waals surface area contributed by atoms with Crippen molar-refractivity contribution in [1.29, 1.82) is 0 Å². The number of hydrogen-bond acceptors (Lipinski definition) is 23. The zero-order chi connectivity index (χ0) is 41.5. The lowest BCUT2D eigenvalue weighted by molar-refractivity contribution is -0.347. The molecule has 310 valence electrons. The van der Waals surface area contributed by atoms with E-state index in [1.165, 1.54) is 26.2 Å². The maximum Gasteiger partial charge on any atom is 0.274 e. The molecule has 0 bridgehead atoms. The van der Waals surface area contributed by atoms with Gasteiger partial charge in [-0.2, -0.15) is 0 Å². The van der Waals surface area contributed by atoms with E-state index in [0.717, 1.165) is 29.0 Å². The first-order valence-corrected chi connectivity index (χ1v) is 21.3. The number of carbonyl (C=O) groups excluding carboxylic acids is 3. The van der Waals surface area contributed by atoms with Gasteiger partial charge in [0.05, 0.1) is 27.4 Å². The third-order valence-corrected chi connectivity index (χ3v) is 11.5. The predicted molar refractivity (Wildman–Crippen MR) is 182 cm³/mol. The summed E-state index contributed by atoms with van der Waals surface area (Å²) in [6, 6.07) is 3.21. The summed E-state index contributed by atoms with van der Waals surface area (Å²) in [5.41, 5.74) is 4.45. The topological polar surface area (TPSA) is 388 Å². The average Bonchev–Trinajstić information content (AvgIpc) is 3.68. The fraction of sp³-hybridized carbons (Fsp3) is 0.519. The van der Waals surface area contributed by atoms with Gasteiger partial charge in [0.1, 0.15) is 36.3 Å². The van der Waals surface area contributed by atoms with Crippen LogP contribution in [-0.2, 0) is 45.9 Å². The number of aliphatic hydroxyl groups excluding tert-OH is 2. The number of nitrogens with two attached hydrogens (primary N) is 1. The number of ether oxygens (including phenoxy) is 1. The number of phosphoric ester groups is 3. The highest BCUT2D eigenvalue weighted by atomic mass is 32.2. The van der Waals surface area contributed by atoms with E-state index < -0.39 is 84.6 Å². The molecule has 25 nitrogen and oxygen atoms in total. The normalized spacial score (nSPS) is 21.6. The summed E-state index contributed by atoms with van der Waals surface area (Å²) < 4.78 is 60.4. The molecule has 29 heteroatoms. The number of aliphatic hydroxyl groups is 2. The molecule has 0 radical (unpaired) electrons. The molecule has 7 atom stereocenters. The van der Waals surface area contributed by atoms with Crippen LogP contribution in [0.4, 0.5) is 5.82 Å². The summed E-state index contributed by atoms with van der Waals surface area (Å²) in [5, 5.41) is 25.9. The first kappa shape index (κ1) is 45.4. The summed E-state index contributed by atoms with van der Waals surface area (Å²) in [4.78, 5) is 99.9. The number of thioether (sulfide) groups is 1. The molecule has 0 aliphatic carbocycles. The lowest BCUT2D eigenvalue weighted by Crippen LogP contribution is -2.46. The van der Waals surface area contributed by atoms with Gasteiger partial charge in [-0.3, -0.25) is 33.1 Å². The van der Waals surface area contributed by atoms with Crippen LogP contribution >= 0.6 is 35.2 Å². The molecule has 0 aromatic carbocycles. The smallest absolute Gasteiger partial charge is 0.274 e. The predicted octanol–water partition coefficient (Wildman–Crippen LogP) is -3.15. The Morgan fingerprint density at radius 2 is 1.80 bits per heavy atom. The van der Waals surface area contributed by atoms with E-state index in [1.54, 1.807) is 12.1 Å². The second kappa shape index (κ2) is 19.0. The fourth-order valence-electron chi connectivity index (χ4n) is 4.82. The van der Waals surface area contributed by atoms with Crippen molar-refractivity contribution < 1.29 is 80.5 Å². The van der Waals surface area contributed by atoms with Crippen molar-refractivity contribution in [2.45, 2.75) is 50.9 Å². The van der Waals surface area contributed by atoms with E-state index in [0.29, 0.717) is 5.56 Å². The van der Waals surface area contributed by atoms with E-state index in [2.05, 4.69) is 48.5 Å². The minimum Gasteiger partial charge on any atom is -0.790 e. The number of amides is 2. The molecule has 1 aliphatic heterocycles. The minimum absolute atomic E-state index is 0.0240. The van der Waals surface area contributed by atoms with Gasteiger partial charge in [-0.1, -0.05) is 25.6 Å². The summed E-state index contributed by atoms with van der Waals surface area (Å²) in [5.74, 6) is -1.32.